The number of amides is 1. The Morgan fingerprint density at radius 1 is 1.21 bits per heavy atom. The van der Waals surface area contributed by atoms with Gasteiger partial charge >= 0.3 is 5.63 Å². The SMILES string of the molecule is CCc1ccc2c(CSCC(=O)N[C@@H](C)c3ccccc3Cl)cc(=O)oc2c1. The molecule has 3 aromatic rings. The number of hydrogen-bond donors (Lipinski definition) is 1. The highest BCUT2D eigenvalue weighted by atomic mass is 35.5. The van der Waals surface area contributed by atoms with Crippen molar-refractivity contribution in [2.45, 2.75) is 32.1 Å². The first-order chi connectivity index (χ1) is 13.5. The van der Waals surface area contributed by atoms with E-state index >= 15 is 0 Å². The van der Waals surface area contributed by atoms with Gasteiger partial charge in [0.1, 0.15) is 5.58 Å². The second kappa shape index (κ2) is 9.30. The Morgan fingerprint density at radius 3 is 2.75 bits per heavy atom. The zero-order chi connectivity index (χ0) is 20.1. The van der Waals surface area contributed by atoms with E-state index in [1.54, 1.807) is 0 Å². The number of thioether (sulfide) groups is 1. The monoisotopic (exact) mass is 415 g/mol. The number of rotatable bonds is 7. The fraction of sp³-hybridized carbons (Fsp3) is 0.273. The molecule has 0 aliphatic carbocycles. The molecule has 0 spiro atoms. The number of nitrogens with one attached hydrogen (secondary N) is 1. The third-order valence-electron chi connectivity index (χ3n) is 4.54. The maximum Gasteiger partial charge on any atom is 0.336 e. The summed E-state index contributed by atoms with van der Waals surface area (Å²) in [6.07, 6.45) is 0.877. The lowest BCUT2D eigenvalue weighted by atomic mass is 10.1. The highest BCUT2D eigenvalue weighted by molar-refractivity contribution is 7.99. The number of carbonyl (C=O) groups excluding carboxylic acids is 1. The molecule has 1 aromatic heterocycles. The first-order valence-electron chi connectivity index (χ1n) is 9.15. The van der Waals surface area contributed by atoms with E-state index in [1.807, 2.05) is 49.4 Å². The molecule has 146 valence electrons. The third kappa shape index (κ3) is 4.97. The molecule has 0 unspecified atom stereocenters. The summed E-state index contributed by atoms with van der Waals surface area (Å²) in [7, 11) is 0. The molecule has 0 fully saturated rings. The summed E-state index contributed by atoms with van der Waals surface area (Å²) in [5.74, 6) is 0.781. The van der Waals surface area contributed by atoms with Crippen LogP contribution in [0.4, 0.5) is 0 Å². The molecule has 4 nitrogen and oxygen atoms in total. The minimum atomic E-state index is -0.367. The molecule has 2 aromatic carbocycles. The Kier molecular flexibility index (Phi) is 6.81. The summed E-state index contributed by atoms with van der Waals surface area (Å²) >= 11 is 7.65. The van der Waals surface area contributed by atoms with E-state index in [9.17, 15) is 9.59 Å². The molecule has 1 amide bonds. The van der Waals surface area contributed by atoms with Crippen LogP contribution in [0.15, 0.2) is 57.7 Å². The van der Waals surface area contributed by atoms with Gasteiger partial charge in [-0.3, -0.25) is 4.79 Å². The minimum absolute atomic E-state index is 0.0713. The summed E-state index contributed by atoms with van der Waals surface area (Å²) in [6.45, 7) is 3.96. The number of hydrogen-bond acceptors (Lipinski definition) is 4. The molecule has 28 heavy (non-hydrogen) atoms. The second-order valence-electron chi connectivity index (χ2n) is 6.58. The Balaban J connectivity index is 1.62. The molecular formula is C22H22ClNO3S. The molecule has 3 rings (SSSR count). The van der Waals surface area contributed by atoms with Gasteiger partial charge in [0.25, 0.3) is 0 Å². The van der Waals surface area contributed by atoms with Crippen LogP contribution in [0, 0.1) is 0 Å². The molecule has 1 heterocycles. The third-order valence-corrected chi connectivity index (χ3v) is 5.87. The van der Waals surface area contributed by atoms with Crippen molar-refractivity contribution < 1.29 is 9.21 Å². The molecule has 1 N–H and O–H groups in total. The molecule has 1 atom stereocenters. The van der Waals surface area contributed by atoms with Gasteiger partial charge in [0.2, 0.25) is 5.91 Å². The molecule has 0 saturated heterocycles. The number of halogens is 1. The van der Waals surface area contributed by atoms with Crippen molar-refractivity contribution in [3.05, 3.63) is 80.7 Å². The summed E-state index contributed by atoms with van der Waals surface area (Å²) in [6, 6.07) is 14.7. The van der Waals surface area contributed by atoms with Gasteiger partial charge in [-0.1, -0.05) is 48.9 Å². The normalized spacial score (nSPS) is 12.1. The number of fused-ring (bicyclic) bond motifs is 1. The molecule has 6 heteroatoms. The fourth-order valence-electron chi connectivity index (χ4n) is 3.05. The van der Waals surface area contributed by atoms with Crippen LogP contribution < -0.4 is 10.9 Å². The second-order valence-corrected chi connectivity index (χ2v) is 7.97. The highest BCUT2D eigenvalue weighted by Crippen LogP contribution is 2.24. The Bertz CT molecular complexity index is 1050. The first kappa shape index (κ1) is 20.5. The van der Waals surface area contributed by atoms with Crippen LogP contribution in [-0.4, -0.2) is 11.7 Å². The van der Waals surface area contributed by atoms with Crippen molar-refractivity contribution in [2.24, 2.45) is 0 Å². The van der Waals surface area contributed by atoms with Gasteiger partial charge in [-0.25, -0.2) is 4.79 Å². The number of benzene rings is 2. The average Bonchev–Trinajstić information content (AvgIpc) is 2.67. The lowest BCUT2D eigenvalue weighted by Gasteiger charge is -2.15. The highest BCUT2D eigenvalue weighted by Gasteiger charge is 2.13. The van der Waals surface area contributed by atoms with Crippen LogP contribution in [0.1, 0.15) is 36.6 Å². The summed E-state index contributed by atoms with van der Waals surface area (Å²) in [5.41, 5.74) is 3.12. The molecule has 0 bridgehead atoms. The van der Waals surface area contributed by atoms with E-state index in [0.717, 1.165) is 28.5 Å². The zero-order valence-corrected chi connectivity index (χ0v) is 17.4. The van der Waals surface area contributed by atoms with E-state index in [-0.39, 0.29) is 17.6 Å². The number of aryl methyl sites for hydroxylation is 1. The summed E-state index contributed by atoms with van der Waals surface area (Å²) in [5, 5.41) is 4.51. The standard InChI is InChI=1S/C22H22ClNO3S/c1-3-15-8-9-18-16(11-22(26)27-20(18)10-15)12-28-13-21(25)24-14(2)17-6-4-5-7-19(17)23/h4-11,14H,3,12-13H2,1-2H3,(H,24,25)/t14-/m0/s1. The molecule has 0 aliphatic heterocycles. The van der Waals surface area contributed by atoms with Gasteiger partial charge in [-0.05, 0) is 42.2 Å². The molecule has 0 saturated carbocycles. The van der Waals surface area contributed by atoms with Gasteiger partial charge in [0.15, 0.2) is 0 Å². The maximum atomic E-state index is 12.3. The lowest BCUT2D eigenvalue weighted by molar-refractivity contribution is -0.119. The predicted molar refractivity (Wildman–Crippen MR) is 116 cm³/mol. The smallest absolute Gasteiger partial charge is 0.336 e. The van der Waals surface area contributed by atoms with Crippen molar-refractivity contribution >= 4 is 40.2 Å². The fourth-order valence-corrected chi connectivity index (χ4v) is 4.18. The van der Waals surface area contributed by atoms with Crippen molar-refractivity contribution in [1.29, 1.82) is 0 Å². The van der Waals surface area contributed by atoms with Crippen molar-refractivity contribution in [3.8, 4) is 0 Å². The molecule has 0 radical (unpaired) electrons. The van der Waals surface area contributed by atoms with Crippen LogP contribution >= 0.6 is 23.4 Å². The van der Waals surface area contributed by atoms with Gasteiger partial charge in [0, 0.05) is 22.2 Å². The van der Waals surface area contributed by atoms with E-state index in [2.05, 4.69) is 12.2 Å². The van der Waals surface area contributed by atoms with Gasteiger partial charge < -0.3 is 9.73 Å². The van der Waals surface area contributed by atoms with E-state index < -0.39 is 0 Å². The summed E-state index contributed by atoms with van der Waals surface area (Å²) in [4.78, 5) is 24.2. The van der Waals surface area contributed by atoms with Gasteiger partial charge in [-0.15, -0.1) is 11.8 Å². The lowest BCUT2D eigenvalue weighted by Crippen LogP contribution is -2.28. The largest absolute Gasteiger partial charge is 0.423 e. The van der Waals surface area contributed by atoms with E-state index in [4.69, 9.17) is 16.0 Å². The quantitative estimate of drug-likeness (QED) is 0.544. The average molecular weight is 416 g/mol. The first-order valence-corrected chi connectivity index (χ1v) is 10.7. The van der Waals surface area contributed by atoms with Crippen LogP contribution in [0.25, 0.3) is 11.0 Å². The molecule has 0 aliphatic rings. The zero-order valence-electron chi connectivity index (χ0n) is 15.8. The topological polar surface area (TPSA) is 59.3 Å². The predicted octanol–water partition coefficient (Wildman–Crippen LogP) is 5.12. The molecular weight excluding hydrogens is 394 g/mol. The van der Waals surface area contributed by atoms with Crippen molar-refractivity contribution in [2.75, 3.05) is 5.75 Å². The maximum absolute atomic E-state index is 12.3. The van der Waals surface area contributed by atoms with Crippen LogP contribution in [0.2, 0.25) is 5.02 Å². The van der Waals surface area contributed by atoms with Gasteiger partial charge in [-0.2, -0.15) is 0 Å². The van der Waals surface area contributed by atoms with Crippen molar-refractivity contribution in [1.82, 2.24) is 5.32 Å². The van der Waals surface area contributed by atoms with Crippen LogP contribution in [0.3, 0.4) is 0 Å². The van der Waals surface area contributed by atoms with E-state index in [0.29, 0.717) is 22.1 Å². The van der Waals surface area contributed by atoms with Gasteiger partial charge in [0.05, 0.1) is 11.8 Å². The Morgan fingerprint density at radius 2 is 2.00 bits per heavy atom. The minimum Gasteiger partial charge on any atom is -0.423 e. The summed E-state index contributed by atoms with van der Waals surface area (Å²) < 4.78 is 5.33. The van der Waals surface area contributed by atoms with Crippen LogP contribution in [-0.2, 0) is 17.0 Å². The van der Waals surface area contributed by atoms with Crippen LogP contribution in [0.5, 0.6) is 0 Å². The van der Waals surface area contributed by atoms with E-state index in [1.165, 1.54) is 17.8 Å². The number of carbonyl (C=O) groups is 1. The Labute approximate surface area is 173 Å². The van der Waals surface area contributed by atoms with Crippen molar-refractivity contribution in [3.63, 3.8) is 0 Å². The Hall–Kier alpha value is -2.24.